The molecule has 1 aromatic rings. The Labute approximate surface area is 115 Å². The van der Waals surface area contributed by atoms with Gasteiger partial charge in [-0.15, -0.1) is 0 Å². The lowest BCUT2D eigenvalue weighted by atomic mass is 9.97. The molecule has 4 nitrogen and oxygen atoms in total. The van der Waals surface area contributed by atoms with E-state index < -0.39 is 0 Å². The topological polar surface area (TPSA) is 52.4 Å². The van der Waals surface area contributed by atoms with Crippen molar-refractivity contribution in [3.63, 3.8) is 0 Å². The molecule has 1 aliphatic carbocycles. The van der Waals surface area contributed by atoms with Crippen LogP contribution in [0.15, 0.2) is 18.2 Å². The van der Waals surface area contributed by atoms with E-state index in [1.54, 1.807) is 19.2 Å². The molecule has 98 valence electrons. The van der Waals surface area contributed by atoms with E-state index in [2.05, 4.69) is 15.9 Å². The molecule has 0 aromatic heterocycles. The Bertz CT molecular complexity index is 450. The number of nitro groups is 1. The van der Waals surface area contributed by atoms with Crippen molar-refractivity contribution in [2.24, 2.45) is 5.92 Å². The number of hydrogen-bond acceptors (Lipinski definition) is 3. The molecule has 0 aliphatic heterocycles. The van der Waals surface area contributed by atoms with Gasteiger partial charge in [-0.1, -0.05) is 22.4 Å². The van der Waals surface area contributed by atoms with Crippen molar-refractivity contribution in [2.45, 2.75) is 30.5 Å². The largest absolute Gasteiger partial charge is 0.496 e. The summed E-state index contributed by atoms with van der Waals surface area (Å²) in [4.78, 5) is 11.0. The van der Waals surface area contributed by atoms with E-state index in [0.29, 0.717) is 10.7 Å². The molecule has 1 aliphatic rings. The average molecular weight is 314 g/mol. The van der Waals surface area contributed by atoms with Crippen LogP contribution in [0.4, 0.5) is 5.69 Å². The molecular weight excluding hydrogens is 298 g/mol. The van der Waals surface area contributed by atoms with E-state index in [1.165, 1.54) is 25.3 Å². The number of benzene rings is 1. The van der Waals surface area contributed by atoms with Gasteiger partial charge in [-0.2, -0.15) is 0 Å². The number of nitrogens with zero attached hydrogens (tertiary/aromatic N) is 1. The summed E-state index contributed by atoms with van der Waals surface area (Å²) in [5.41, 5.74) is 1.07. The SMILES string of the molecule is COc1ccc([N+](=O)[O-])cc1CC1CCCC1Br. The van der Waals surface area contributed by atoms with Gasteiger partial charge in [0.25, 0.3) is 5.69 Å². The molecule has 2 atom stereocenters. The van der Waals surface area contributed by atoms with Crippen LogP contribution in [0.5, 0.6) is 5.75 Å². The Morgan fingerprint density at radius 3 is 2.83 bits per heavy atom. The lowest BCUT2D eigenvalue weighted by Gasteiger charge is -2.15. The summed E-state index contributed by atoms with van der Waals surface area (Å²) in [5.74, 6) is 1.29. The van der Waals surface area contributed by atoms with Crippen molar-refractivity contribution in [3.05, 3.63) is 33.9 Å². The van der Waals surface area contributed by atoms with Crippen LogP contribution < -0.4 is 4.74 Å². The molecule has 1 aromatic carbocycles. The van der Waals surface area contributed by atoms with Crippen molar-refractivity contribution in [3.8, 4) is 5.75 Å². The number of non-ortho nitro benzene ring substituents is 1. The Balaban J connectivity index is 2.23. The normalized spacial score (nSPS) is 23.0. The van der Waals surface area contributed by atoms with Crippen molar-refractivity contribution in [2.75, 3.05) is 7.11 Å². The minimum Gasteiger partial charge on any atom is -0.496 e. The zero-order valence-electron chi connectivity index (χ0n) is 10.3. The van der Waals surface area contributed by atoms with Crippen LogP contribution in [0.1, 0.15) is 24.8 Å². The lowest BCUT2D eigenvalue weighted by molar-refractivity contribution is -0.384. The van der Waals surface area contributed by atoms with Crippen molar-refractivity contribution < 1.29 is 9.66 Å². The molecule has 2 unspecified atom stereocenters. The molecule has 1 saturated carbocycles. The highest BCUT2D eigenvalue weighted by atomic mass is 79.9. The maximum Gasteiger partial charge on any atom is 0.269 e. The van der Waals surface area contributed by atoms with Crippen LogP contribution >= 0.6 is 15.9 Å². The Kier molecular flexibility index (Phi) is 4.22. The van der Waals surface area contributed by atoms with Crippen molar-refractivity contribution >= 4 is 21.6 Å². The third-order valence-electron chi connectivity index (χ3n) is 3.52. The summed E-state index contributed by atoms with van der Waals surface area (Å²) in [7, 11) is 1.60. The second-order valence-corrected chi connectivity index (χ2v) is 5.84. The maximum atomic E-state index is 10.8. The van der Waals surface area contributed by atoms with Gasteiger partial charge in [0.15, 0.2) is 0 Å². The van der Waals surface area contributed by atoms with Gasteiger partial charge in [-0.3, -0.25) is 10.1 Å². The van der Waals surface area contributed by atoms with E-state index in [4.69, 9.17) is 4.74 Å². The molecule has 5 heteroatoms. The summed E-state index contributed by atoms with van der Waals surface area (Å²) in [6.07, 6.45) is 4.41. The van der Waals surface area contributed by atoms with Gasteiger partial charge in [0.1, 0.15) is 5.75 Å². The minimum absolute atomic E-state index is 0.134. The van der Waals surface area contributed by atoms with Crippen LogP contribution in [-0.4, -0.2) is 16.9 Å². The summed E-state index contributed by atoms with van der Waals surface area (Å²) < 4.78 is 5.29. The van der Waals surface area contributed by atoms with Gasteiger partial charge in [-0.05, 0) is 31.2 Å². The van der Waals surface area contributed by atoms with Crippen LogP contribution in [-0.2, 0) is 6.42 Å². The fraction of sp³-hybridized carbons (Fsp3) is 0.538. The standard InChI is InChI=1S/C13H16BrNO3/c1-18-13-6-5-11(15(16)17)8-10(13)7-9-3-2-4-12(9)14/h5-6,8-9,12H,2-4,7H2,1H3. The average Bonchev–Trinajstić information content (AvgIpc) is 2.75. The summed E-state index contributed by atoms with van der Waals surface area (Å²) in [6, 6.07) is 4.81. The number of alkyl halides is 1. The van der Waals surface area contributed by atoms with Gasteiger partial charge in [0, 0.05) is 22.5 Å². The first-order valence-electron chi connectivity index (χ1n) is 6.07. The second kappa shape index (κ2) is 5.69. The summed E-state index contributed by atoms with van der Waals surface area (Å²) >= 11 is 3.68. The number of methoxy groups -OCH3 is 1. The number of rotatable bonds is 4. The quantitative estimate of drug-likeness (QED) is 0.483. The van der Waals surface area contributed by atoms with Crippen LogP contribution in [0.2, 0.25) is 0 Å². The predicted octanol–water partition coefficient (Wildman–Crippen LogP) is 3.71. The summed E-state index contributed by atoms with van der Waals surface area (Å²) in [5, 5.41) is 10.8. The Morgan fingerprint density at radius 1 is 1.50 bits per heavy atom. The van der Waals surface area contributed by atoms with Crippen molar-refractivity contribution in [1.29, 1.82) is 0 Å². The number of hydrogen-bond donors (Lipinski definition) is 0. The third-order valence-corrected chi connectivity index (χ3v) is 4.73. The fourth-order valence-electron chi connectivity index (χ4n) is 2.54. The fourth-order valence-corrected chi connectivity index (χ4v) is 3.32. The monoisotopic (exact) mass is 313 g/mol. The molecule has 0 N–H and O–H groups in total. The zero-order chi connectivity index (χ0) is 13.1. The Hall–Kier alpha value is -1.10. The number of nitro benzene ring substituents is 1. The first kappa shape index (κ1) is 13.3. The van der Waals surface area contributed by atoms with Crippen LogP contribution in [0.25, 0.3) is 0 Å². The molecule has 0 heterocycles. The first-order chi connectivity index (χ1) is 8.61. The van der Waals surface area contributed by atoms with E-state index in [0.717, 1.165) is 17.7 Å². The molecular formula is C13H16BrNO3. The second-order valence-electron chi connectivity index (χ2n) is 4.66. The van der Waals surface area contributed by atoms with Gasteiger partial charge in [0.05, 0.1) is 12.0 Å². The molecule has 0 bridgehead atoms. The molecule has 2 rings (SSSR count). The molecule has 0 amide bonds. The van der Waals surface area contributed by atoms with E-state index in [9.17, 15) is 10.1 Å². The highest BCUT2D eigenvalue weighted by Crippen LogP contribution is 2.36. The summed E-state index contributed by atoms with van der Waals surface area (Å²) in [6.45, 7) is 0. The van der Waals surface area contributed by atoms with E-state index >= 15 is 0 Å². The molecule has 18 heavy (non-hydrogen) atoms. The van der Waals surface area contributed by atoms with Gasteiger partial charge in [0.2, 0.25) is 0 Å². The Morgan fingerprint density at radius 2 is 2.28 bits per heavy atom. The molecule has 0 saturated heterocycles. The number of ether oxygens (including phenoxy) is 1. The lowest BCUT2D eigenvalue weighted by Crippen LogP contribution is -2.10. The van der Waals surface area contributed by atoms with E-state index in [-0.39, 0.29) is 10.6 Å². The first-order valence-corrected chi connectivity index (χ1v) is 6.98. The zero-order valence-corrected chi connectivity index (χ0v) is 11.9. The van der Waals surface area contributed by atoms with Crippen molar-refractivity contribution in [1.82, 2.24) is 0 Å². The van der Waals surface area contributed by atoms with Crippen LogP contribution in [0, 0.1) is 16.0 Å². The minimum atomic E-state index is -0.358. The molecule has 1 fully saturated rings. The van der Waals surface area contributed by atoms with Gasteiger partial charge in [-0.25, -0.2) is 0 Å². The van der Waals surface area contributed by atoms with E-state index in [1.807, 2.05) is 0 Å². The number of halogens is 1. The molecule has 0 radical (unpaired) electrons. The molecule has 0 spiro atoms. The van der Waals surface area contributed by atoms with Gasteiger partial charge >= 0.3 is 0 Å². The van der Waals surface area contributed by atoms with Gasteiger partial charge < -0.3 is 4.74 Å². The maximum absolute atomic E-state index is 10.8. The van der Waals surface area contributed by atoms with Crippen LogP contribution in [0.3, 0.4) is 0 Å². The third kappa shape index (κ3) is 2.83. The highest BCUT2D eigenvalue weighted by molar-refractivity contribution is 9.09. The highest BCUT2D eigenvalue weighted by Gasteiger charge is 2.26. The smallest absolute Gasteiger partial charge is 0.269 e. The predicted molar refractivity (Wildman–Crippen MR) is 73.4 cm³/mol.